The van der Waals surface area contributed by atoms with E-state index < -0.39 is 0 Å². The summed E-state index contributed by atoms with van der Waals surface area (Å²) < 4.78 is 1.81. The van der Waals surface area contributed by atoms with Gasteiger partial charge in [-0.15, -0.1) is 12.4 Å². The molecule has 1 aliphatic rings. The summed E-state index contributed by atoms with van der Waals surface area (Å²) in [6.45, 7) is 6.77. The van der Waals surface area contributed by atoms with Crippen molar-refractivity contribution in [3.8, 4) is 5.69 Å². The third kappa shape index (κ3) is 5.38. The van der Waals surface area contributed by atoms with E-state index >= 15 is 0 Å². The van der Waals surface area contributed by atoms with Crippen molar-refractivity contribution in [2.24, 2.45) is 5.92 Å². The van der Waals surface area contributed by atoms with E-state index in [2.05, 4.69) is 15.7 Å². The minimum absolute atomic E-state index is 0. The van der Waals surface area contributed by atoms with Gasteiger partial charge in [-0.3, -0.25) is 4.79 Å². The van der Waals surface area contributed by atoms with E-state index in [1.54, 1.807) is 12.1 Å². The standard InChI is InChI=1S/C19H24Cl2N4O.ClH/c1-12-16(10-19(26)23-8-6-14-5-7-22-11-14)13(2)25(24-12)15-3-4-17(20)18(21)9-15;/h3-4,9,14,22H,5-8,10-11H2,1-2H3,(H,23,26);1H. The van der Waals surface area contributed by atoms with Crippen molar-refractivity contribution in [2.45, 2.75) is 33.1 Å². The van der Waals surface area contributed by atoms with Crippen molar-refractivity contribution in [2.75, 3.05) is 19.6 Å². The molecular formula is C19H25Cl3N4O. The van der Waals surface area contributed by atoms with Crippen LogP contribution in [0.15, 0.2) is 18.2 Å². The summed E-state index contributed by atoms with van der Waals surface area (Å²) in [5, 5.41) is 12.0. The normalized spacial score (nSPS) is 16.2. The molecule has 0 spiro atoms. The number of amides is 1. The van der Waals surface area contributed by atoms with E-state index in [4.69, 9.17) is 23.2 Å². The second-order valence-electron chi connectivity index (χ2n) is 6.83. The number of rotatable bonds is 6. The van der Waals surface area contributed by atoms with Gasteiger partial charge < -0.3 is 10.6 Å². The van der Waals surface area contributed by atoms with Gasteiger partial charge in [0.2, 0.25) is 5.91 Å². The second-order valence-corrected chi connectivity index (χ2v) is 7.65. The van der Waals surface area contributed by atoms with Gasteiger partial charge in [-0.25, -0.2) is 4.68 Å². The molecule has 1 amide bonds. The molecule has 1 unspecified atom stereocenters. The van der Waals surface area contributed by atoms with Gasteiger partial charge in [0.15, 0.2) is 0 Å². The smallest absolute Gasteiger partial charge is 0.224 e. The van der Waals surface area contributed by atoms with Gasteiger partial charge in [0.25, 0.3) is 0 Å². The first-order chi connectivity index (χ1) is 12.5. The Kier molecular flexibility index (Phi) is 7.98. The predicted molar refractivity (Wildman–Crippen MR) is 113 cm³/mol. The summed E-state index contributed by atoms with van der Waals surface area (Å²) in [6.07, 6.45) is 2.56. The lowest BCUT2D eigenvalue weighted by Gasteiger charge is -2.10. The first-order valence-electron chi connectivity index (χ1n) is 8.93. The molecule has 2 aromatic rings. The van der Waals surface area contributed by atoms with Crippen LogP contribution in [0.3, 0.4) is 0 Å². The van der Waals surface area contributed by atoms with Crippen molar-refractivity contribution in [1.29, 1.82) is 0 Å². The molecular weight excluding hydrogens is 407 g/mol. The monoisotopic (exact) mass is 430 g/mol. The Hall–Kier alpha value is -1.27. The molecule has 0 aliphatic carbocycles. The van der Waals surface area contributed by atoms with E-state index in [-0.39, 0.29) is 18.3 Å². The maximum absolute atomic E-state index is 12.3. The molecule has 2 heterocycles. The zero-order valence-corrected chi connectivity index (χ0v) is 17.8. The largest absolute Gasteiger partial charge is 0.356 e. The van der Waals surface area contributed by atoms with E-state index in [0.29, 0.717) is 22.4 Å². The molecule has 5 nitrogen and oxygen atoms in total. The van der Waals surface area contributed by atoms with Crippen molar-refractivity contribution < 1.29 is 4.79 Å². The summed E-state index contributed by atoms with van der Waals surface area (Å²) in [6, 6.07) is 5.40. The van der Waals surface area contributed by atoms with Crippen molar-refractivity contribution in [1.82, 2.24) is 20.4 Å². The molecule has 1 aromatic carbocycles. The topological polar surface area (TPSA) is 59.0 Å². The van der Waals surface area contributed by atoms with Crippen molar-refractivity contribution in [3.63, 3.8) is 0 Å². The van der Waals surface area contributed by atoms with Crippen LogP contribution < -0.4 is 10.6 Å². The summed E-state index contributed by atoms with van der Waals surface area (Å²) in [5.74, 6) is 0.715. The summed E-state index contributed by atoms with van der Waals surface area (Å²) >= 11 is 12.1. The number of aromatic nitrogens is 2. The Morgan fingerprint density at radius 3 is 2.78 bits per heavy atom. The van der Waals surface area contributed by atoms with Crippen LogP contribution in [-0.4, -0.2) is 35.3 Å². The molecule has 0 radical (unpaired) electrons. The predicted octanol–water partition coefficient (Wildman–Crippen LogP) is 3.88. The molecule has 1 saturated heterocycles. The molecule has 0 bridgehead atoms. The van der Waals surface area contributed by atoms with Crippen LogP contribution in [0.25, 0.3) is 5.69 Å². The van der Waals surface area contributed by atoms with Gasteiger partial charge in [0, 0.05) is 17.8 Å². The molecule has 8 heteroatoms. The zero-order valence-electron chi connectivity index (χ0n) is 15.5. The molecule has 1 aromatic heterocycles. The average Bonchev–Trinajstić information content (AvgIpc) is 3.21. The lowest BCUT2D eigenvalue weighted by atomic mass is 10.1. The number of carbonyl (C=O) groups excluding carboxylic acids is 1. The molecule has 2 N–H and O–H groups in total. The van der Waals surface area contributed by atoms with E-state index in [1.165, 1.54) is 6.42 Å². The number of nitrogens with zero attached hydrogens (tertiary/aromatic N) is 2. The lowest BCUT2D eigenvalue weighted by molar-refractivity contribution is -0.120. The first kappa shape index (κ1) is 22.0. The number of aryl methyl sites for hydroxylation is 1. The van der Waals surface area contributed by atoms with Crippen LogP contribution >= 0.6 is 35.6 Å². The fourth-order valence-corrected chi connectivity index (χ4v) is 3.69. The van der Waals surface area contributed by atoms with E-state index in [1.807, 2.05) is 24.6 Å². The Bertz CT molecular complexity index is 800. The Morgan fingerprint density at radius 1 is 1.33 bits per heavy atom. The van der Waals surface area contributed by atoms with Gasteiger partial charge in [-0.2, -0.15) is 5.10 Å². The number of hydrogen-bond donors (Lipinski definition) is 2. The summed E-state index contributed by atoms with van der Waals surface area (Å²) in [7, 11) is 0. The second kappa shape index (κ2) is 9.78. The summed E-state index contributed by atoms with van der Waals surface area (Å²) in [4.78, 5) is 12.3. The molecule has 3 rings (SSSR count). The van der Waals surface area contributed by atoms with Crippen LogP contribution in [0.2, 0.25) is 10.0 Å². The first-order valence-corrected chi connectivity index (χ1v) is 9.69. The van der Waals surface area contributed by atoms with Crippen molar-refractivity contribution in [3.05, 3.63) is 45.2 Å². The quantitative estimate of drug-likeness (QED) is 0.730. The van der Waals surface area contributed by atoms with Gasteiger partial charge in [-0.05, 0) is 63.9 Å². The minimum Gasteiger partial charge on any atom is -0.356 e. The minimum atomic E-state index is 0. The van der Waals surface area contributed by atoms with Crippen LogP contribution in [0.5, 0.6) is 0 Å². The fraction of sp³-hybridized carbons (Fsp3) is 0.474. The third-order valence-electron chi connectivity index (χ3n) is 4.96. The Morgan fingerprint density at radius 2 is 2.11 bits per heavy atom. The van der Waals surface area contributed by atoms with Crippen LogP contribution in [0.4, 0.5) is 0 Å². The number of nitrogens with one attached hydrogen (secondary N) is 2. The van der Waals surface area contributed by atoms with E-state index in [0.717, 1.165) is 48.7 Å². The highest BCUT2D eigenvalue weighted by atomic mass is 35.5. The van der Waals surface area contributed by atoms with Crippen molar-refractivity contribution >= 4 is 41.5 Å². The highest BCUT2D eigenvalue weighted by Crippen LogP contribution is 2.26. The van der Waals surface area contributed by atoms with E-state index in [9.17, 15) is 4.79 Å². The Labute approximate surface area is 176 Å². The average molecular weight is 432 g/mol. The number of halogens is 3. The van der Waals surface area contributed by atoms with Gasteiger partial charge >= 0.3 is 0 Å². The molecule has 0 saturated carbocycles. The van der Waals surface area contributed by atoms with Gasteiger partial charge in [0.1, 0.15) is 0 Å². The number of benzene rings is 1. The number of hydrogen-bond acceptors (Lipinski definition) is 3. The van der Waals surface area contributed by atoms with Crippen LogP contribution in [-0.2, 0) is 11.2 Å². The maximum atomic E-state index is 12.3. The highest BCUT2D eigenvalue weighted by Gasteiger charge is 2.18. The molecule has 1 fully saturated rings. The molecule has 27 heavy (non-hydrogen) atoms. The lowest BCUT2D eigenvalue weighted by Crippen LogP contribution is -2.28. The highest BCUT2D eigenvalue weighted by molar-refractivity contribution is 6.42. The third-order valence-corrected chi connectivity index (χ3v) is 5.70. The van der Waals surface area contributed by atoms with Gasteiger partial charge in [0.05, 0.1) is 27.8 Å². The molecule has 1 aliphatic heterocycles. The zero-order chi connectivity index (χ0) is 18.7. The SMILES string of the molecule is Cc1nn(-c2ccc(Cl)c(Cl)c2)c(C)c1CC(=O)NCCC1CCNC1.Cl. The van der Waals surface area contributed by atoms with Crippen LogP contribution in [0.1, 0.15) is 29.8 Å². The summed E-state index contributed by atoms with van der Waals surface area (Å²) in [5.41, 5.74) is 3.58. The molecule has 148 valence electrons. The Balaban J connectivity index is 0.00000261. The maximum Gasteiger partial charge on any atom is 0.224 e. The van der Waals surface area contributed by atoms with Crippen LogP contribution in [0, 0.1) is 19.8 Å². The molecule has 1 atom stereocenters. The van der Waals surface area contributed by atoms with Gasteiger partial charge in [-0.1, -0.05) is 23.2 Å². The number of carbonyl (C=O) groups is 1. The fourth-order valence-electron chi connectivity index (χ4n) is 3.40.